The molecule has 0 unspecified atom stereocenters. The zero-order valence-corrected chi connectivity index (χ0v) is 20.0. The number of sulfonamides is 1. The van der Waals surface area contributed by atoms with E-state index < -0.39 is 10.0 Å². The van der Waals surface area contributed by atoms with Gasteiger partial charge in [-0.2, -0.15) is 4.31 Å². The van der Waals surface area contributed by atoms with E-state index in [1.165, 1.54) is 12.8 Å². The number of ether oxygens (including phenoxy) is 1. The van der Waals surface area contributed by atoms with Crippen molar-refractivity contribution in [3.63, 3.8) is 0 Å². The topological polar surface area (TPSA) is 88.8 Å². The minimum absolute atomic E-state index is 0.257. The van der Waals surface area contributed by atoms with Crippen LogP contribution in [0.15, 0.2) is 63.9 Å². The van der Waals surface area contributed by atoms with E-state index in [0.717, 1.165) is 30.7 Å². The first-order valence-corrected chi connectivity index (χ1v) is 13.4. The van der Waals surface area contributed by atoms with E-state index in [4.69, 9.17) is 9.15 Å². The van der Waals surface area contributed by atoms with Gasteiger partial charge in [-0.25, -0.2) is 8.42 Å². The Bertz CT molecular complexity index is 1170. The number of aromatic nitrogens is 2. The van der Waals surface area contributed by atoms with Crippen molar-refractivity contribution in [3.05, 3.63) is 60.5 Å². The molecule has 2 aromatic carbocycles. The second-order valence-corrected chi connectivity index (χ2v) is 10.8. The Morgan fingerprint density at radius 1 is 0.912 bits per heavy atom. The maximum atomic E-state index is 13.1. The normalized spacial score (nSPS) is 18.4. The summed E-state index contributed by atoms with van der Waals surface area (Å²) in [6.07, 6.45) is 5.44. The molecule has 5 rings (SSSR count). The Labute approximate surface area is 200 Å². The van der Waals surface area contributed by atoms with Gasteiger partial charge in [0, 0.05) is 44.7 Å². The lowest BCUT2D eigenvalue weighted by Crippen LogP contribution is -2.49. The lowest BCUT2D eigenvalue weighted by atomic mass is 10.2. The fourth-order valence-electron chi connectivity index (χ4n) is 4.54. The summed E-state index contributed by atoms with van der Waals surface area (Å²) in [7, 11) is -3.51. The summed E-state index contributed by atoms with van der Waals surface area (Å²) >= 11 is 0. The molecule has 3 aromatic rings. The van der Waals surface area contributed by atoms with Gasteiger partial charge in [0.05, 0.1) is 11.0 Å². The molecule has 2 heterocycles. The van der Waals surface area contributed by atoms with E-state index in [2.05, 4.69) is 15.1 Å². The van der Waals surface area contributed by atoms with Gasteiger partial charge in [-0.15, -0.1) is 10.2 Å². The van der Waals surface area contributed by atoms with E-state index in [9.17, 15) is 8.42 Å². The number of nitrogens with zero attached hydrogens (tertiary/aromatic N) is 4. The fourth-order valence-corrected chi connectivity index (χ4v) is 5.96. The Balaban J connectivity index is 1.11. The summed E-state index contributed by atoms with van der Waals surface area (Å²) in [6.45, 7) is 3.00. The third kappa shape index (κ3) is 5.32. The predicted octanol–water partition coefficient (Wildman–Crippen LogP) is 3.61. The molecule has 180 valence electrons. The molecule has 0 N–H and O–H groups in total. The number of hydrogen-bond donors (Lipinski definition) is 0. The first kappa shape index (κ1) is 23.0. The van der Waals surface area contributed by atoms with Crippen LogP contribution in [0.4, 0.5) is 0 Å². The fraction of sp³-hybridized carbons (Fsp3) is 0.440. The predicted molar refractivity (Wildman–Crippen MR) is 128 cm³/mol. The number of benzene rings is 2. The molecule has 9 heteroatoms. The molecule has 0 radical (unpaired) electrons. The monoisotopic (exact) mass is 482 g/mol. The average molecular weight is 483 g/mol. The van der Waals surface area contributed by atoms with Gasteiger partial charge in [0.1, 0.15) is 5.75 Å². The molecule has 0 bridgehead atoms. The first-order valence-electron chi connectivity index (χ1n) is 11.9. The van der Waals surface area contributed by atoms with Crippen LogP contribution >= 0.6 is 0 Å². The van der Waals surface area contributed by atoms with Crippen molar-refractivity contribution in [1.82, 2.24) is 19.4 Å². The van der Waals surface area contributed by atoms with E-state index in [1.54, 1.807) is 28.6 Å². The first-order chi connectivity index (χ1) is 16.6. The van der Waals surface area contributed by atoms with Crippen LogP contribution in [-0.2, 0) is 16.4 Å². The minimum Gasteiger partial charge on any atom is -0.490 e. The Kier molecular flexibility index (Phi) is 6.94. The highest BCUT2D eigenvalue weighted by Crippen LogP contribution is 2.26. The van der Waals surface area contributed by atoms with Crippen molar-refractivity contribution in [2.45, 2.75) is 43.1 Å². The quantitative estimate of drug-likeness (QED) is 0.485. The molecule has 1 aliphatic heterocycles. The summed E-state index contributed by atoms with van der Waals surface area (Å²) in [5, 5.41) is 8.28. The second kappa shape index (κ2) is 10.2. The average Bonchev–Trinajstić information content (AvgIpc) is 3.56. The SMILES string of the molecule is O=S(=O)(c1ccc(OC2CCCC2)cc1)N1CCN(CCc2nnc(-c3ccccc3)o2)CC1. The van der Waals surface area contributed by atoms with E-state index in [0.29, 0.717) is 49.3 Å². The molecule has 1 saturated carbocycles. The van der Waals surface area contributed by atoms with Crippen LogP contribution < -0.4 is 4.74 Å². The van der Waals surface area contributed by atoms with Crippen LogP contribution in [0.3, 0.4) is 0 Å². The molecule has 0 atom stereocenters. The summed E-state index contributed by atoms with van der Waals surface area (Å²) in [6, 6.07) is 16.6. The Hall–Kier alpha value is -2.75. The molecule has 0 spiro atoms. The van der Waals surface area contributed by atoms with E-state index in [-0.39, 0.29) is 6.10 Å². The van der Waals surface area contributed by atoms with Gasteiger partial charge in [-0.05, 0) is 62.1 Å². The van der Waals surface area contributed by atoms with Gasteiger partial charge in [0.25, 0.3) is 0 Å². The molecule has 2 fully saturated rings. The summed E-state index contributed by atoms with van der Waals surface area (Å²) in [4.78, 5) is 2.55. The largest absolute Gasteiger partial charge is 0.490 e. The molecular formula is C25H30N4O4S. The van der Waals surface area contributed by atoms with Gasteiger partial charge in [-0.3, -0.25) is 0 Å². The second-order valence-electron chi connectivity index (χ2n) is 8.86. The van der Waals surface area contributed by atoms with Gasteiger partial charge in [-0.1, -0.05) is 18.2 Å². The van der Waals surface area contributed by atoms with Crippen molar-refractivity contribution in [3.8, 4) is 17.2 Å². The Morgan fingerprint density at radius 2 is 1.62 bits per heavy atom. The summed E-state index contributed by atoms with van der Waals surface area (Å²) in [5.74, 6) is 1.85. The Morgan fingerprint density at radius 3 is 2.32 bits per heavy atom. The highest BCUT2D eigenvalue weighted by Gasteiger charge is 2.28. The third-order valence-corrected chi connectivity index (χ3v) is 8.44. The van der Waals surface area contributed by atoms with Crippen molar-refractivity contribution < 1.29 is 17.6 Å². The highest BCUT2D eigenvalue weighted by atomic mass is 32.2. The van der Waals surface area contributed by atoms with Crippen LogP contribution in [0.5, 0.6) is 5.75 Å². The van der Waals surface area contributed by atoms with Gasteiger partial charge < -0.3 is 14.1 Å². The van der Waals surface area contributed by atoms with Crippen LogP contribution in [0.1, 0.15) is 31.6 Å². The van der Waals surface area contributed by atoms with Gasteiger partial charge in [0.2, 0.25) is 21.8 Å². The van der Waals surface area contributed by atoms with Crippen molar-refractivity contribution >= 4 is 10.0 Å². The van der Waals surface area contributed by atoms with E-state index >= 15 is 0 Å². The van der Waals surface area contributed by atoms with Crippen LogP contribution in [-0.4, -0.2) is 66.6 Å². The van der Waals surface area contributed by atoms with Crippen LogP contribution in [0, 0.1) is 0 Å². The molecule has 1 aliphatic carbocycles. The van der Waals surface area contributed by atoms with Crippen molar-refractivity contribution in [1.29, 1.82) is 0 Å². The molecule has 0 amide bonds. The molecule has 2 aliphatic rings. The third-order valence-electron chi connectivity index (χ3n) is 6.53. The molecule has 1 aromatic heterocycles. The number of hydrogen-bond acceptors (Lipinski definition) is 7. The number of rotatable bonds is 8. The van der Waals surface area contributed by atoms with Gasteiger partial charge >= 0.3 is 0 Å². The summed E-state index contributed by atoms with van der Waals surface area (Å²) in [5.41, 5.74) is 0.901. The van der Waals surface area contributed by atoms with Crippen molar-refractivity contribution in [2.75, 3.05) is 32.7 Å². The lowest BCUT2D eigenvalue weighted by Gasteiger charge is -2.33. The zero-order chi connectivity index (χ0) is 23.4. The highest BCUT2D eigenvalue weighted by molar-refractivity contribution is 7.89. The standard InChI is InChI=1S/C25H30N4O4S/c30-34(31,23-12-10-22(11-13-23)32-21-8-4-5-9-21)29-18-16-28(17-19-29)15-14-24-26-27-25(33-24)20-6-2-1-3-7-20/h1-3,6-7,10-13,21H,4-5,8-9,14-19H2. The maximum Gasteiger partial charge on any atom is 0.247 e. The molecular weight excluding hydrogens is 452 g/mol. The lowest BCUT2D eigenvalue weighted by molar-refractivity contribution is 0.187. The number of piperazine rings is 1. The molecule has 1 saturated heterocycles. The zero-order valence-electron chi connectivity index (χ0n) is 19.2. The molecule has 8 nitrogen and oxygen atoms in total. The van der Waals surface area contributed by atoms with Crippen LogP contribution in [0.25, 0.3) is 11.5 Å². The summed E-state index contributed by atoms with van der Waals surface area (Å²) < 4.78 is 39.5. The minimum atomic E-state index is -3.51. The van der Waals surface area contributed by atoms with E-state index in [1.807, 2.05) is 30.3 Å². The maximum absolute atomic E-state index is 13.1. The molecule has 34 heavy (non-hydrogen) atoms. The van der Waals surface area contributed by atoms with Crippen molar-refractivity contribution in [2.24, 2.45) is 0 Å². The van der Waals surface area contributed by atoms with Crippen LogP contribution in [0.2, 0.25) is 0 Å². The van der Waals surface area contributed by atoms with Gasteiger partial charge in [0.15, 0.2) is 0 Å². The smallest absolute Gasteiger partial charge is 0.247 e.